The summed E-state index contributed by atoms with van der Waals surface area (Å²) >= 11 is 7.18. The van der Waals surface area contributed by atoms with Crippen LogP contribution < -0.4 is 10.2 Å². The highest BCUT2D eigenvalue weighted by molar-refractivity contribution is 7.14. The molecule has 1 aliphatic heterocycles. The number of nitrogens with zero attached hydrogens (tertiary/aromatic N) is 3. The van der Waals surface area contributed by atoms with Gasteiger partial charge in [-0.3, -0.25) is 14.9 Å². The number of aryl methyl sites for hydroxylation is 1. The molecule has 1 saturated heterocycles. The molecule has 1 aliphatic rings. The van der Waals surface area contributed by atoms with Crippen LogP contribution in [0.1, 0.15) is 22.5 Å². The first-order chi connectivity index (χ1) is 15.5. The number of thiazole rings is 1. The number of piperazine rings is 1. The minimum Gasteiger partial charge on any atom is -0.368 e. The van der Waals surface area contributed by atoms with Gasteiger partial charge in [0.05, 0.1) is 5.69 Å². The number of benzene rings is 2. The Morgan fingerprint density at radius 1 is 1.03 bits per heavy atom. The van der Waals surface area contributed by atoms with Gasteiger partial charge in [0, 0.05) is 54.3 Å². The summed E-state index contributed by atoms with van der Waals surface area (Å²) in [4.78, 5) is 33.3. The van der Waals surface area contributed by atoms with Gasteiger partial charge in [-0.1, -0.05) is 11.6 Å². The molecule has 2 amide bonds. The Kier molecular flexibility index (Phi) is 7.02. The molecule has 0 spiro atoms. The van der Waals surface area contributed by atoms with E-state index < -0.39 is 0 Å². The summed E-state index contributed by atoms with van der Waals surface area (Å²) in [5, 5.41) is 5.70. The first-order valence-corrected chi connectivity index (χ1v) is 11.5. The predicted molar refractivity (Wildman–Crippen MR) is 125 cm³/mol. The van der Waals surface area contributed by atoms with Crippen LogP contribution in [0.4, 0.5) is 15.2 Å². The Labute approximate surface area is 194 Å². The number of aromatic nitrogens is 1. The monoisotopic (exact) mass is 472 g/mol. The summed E-state index contributed by atoms with van der Waals surface area (Å²) in [6.45, 7) is 2.70. The molecular formula is C23H22ClFN4O2S. The molecule has 6 nitrogen and oxygen atoms in total. The molecule has 0 radical (unpaired) electrons. The van der Waals surface area contributed by atoms with E-state index in [2.05, 4.69) is 15.2 Å². The van der Waals surface area contributed by atoms with Crippen molar-refractivity contribution in [2.24, 2.45) is 0 Å². The molecule has 32 heavy (non-hydrogen) atoms. The molecule has 4 rings (SSSR count). The Balaban J connectivity index is 1.23. The lowest BCUT2D eigenvalue weighted by molar-refractivity contribution is -0.131. The van der Waals surface area contributed by atoms with E-state index >= 15 is 0 Å². The number of anilines is 2. The fourth-order valence-corrected chi connectivity index (χ4v) is 4.37. The Morgan fingerprint density at radius 3 is 2.41 bits per heavy atom. The Bertz CT molecular complexity index is 1080. The van der Waals surface area contributed by atoms with Gasteiger partial charge in [-0.2, -0.15) is 0 Å². The van der Waals surface area contributed by atoms with Crippen molar-refractivity contribution < 1.29 is 14.0 Å². The Hall–Kier alpha value is -2.97. The second-order valence-corrected chi connectivity index (χ2v) is 8.74. The van der Waals surface area contributed by atoms with Gasteiger partial charge in [0.25, 0.3) is 5.91 Å². The average molecular weight is 473 g/mol. The van der Waals surface area contributed by atoms with Crippen LogP contribution in [0.2, 0.25) is 5.02 Å². The number of carbonyl (C=O) groups excluding carboxylic acids is 2. The van der Waals surface area contributed by atoms with E-state index in [0.717, 1.165) is 24.5 Å². The van der Waals surface area contributed by atoms with Gasteiger partial charge in [-0.25, -0.2) is 9.37 Å². The molecule has 2 aromatic carbocycles. The van der Waals surface area contributed by atoms with E-state index in [4.69, 9.17) is 11.6 Å². The molecule has 0 unspecified atom stereocenters. The SMILES string of the molecule is O=C(Nc1nc(CCC(=O)N2CCN(c3ccc(F)cc3)CC2)cs1)c1ccc(Cl)cc1. The molecular weight excluding hydrogens is 451 g/mol. The number of hydrogen-bond donors (Lipinski definition) is 1. The van der Waals surface area contributed by atoms with Crippen LogP contribution in [-0.2, 0) is 11.2 Å². The van der Waals surface area contributed by atoms with Gasteiger partial charge >= 0.3 is 0 Å². The lowest BCUT2D eigenvalue weighted by atomic mass is 10.2. The van der Waals surface area contributed by atoms with Gasteiger partial charge in [-0.05, 0) is 55.0 Å². The first kappa shape index (κ1) is 22.2. The molecule has 0 saturated carbocycles. The van der Waals surface area contributed by atoms with Crippen molar-refractivity contribution in [2.45, 2.75) is 12.8 Å². The maximum atomic E-state index is 13.1. The normalized spacial score (nSPS) is 13.8. The van der Waals surface area contributed by atoms with Gasteiger partial charge < -0.3 is 9.80 Å². The van der Waals surface area contributed by atoms with E-state index in [1.165, 1.54) is 23.5 Å². The zero-order valence-electron chi connectivity index (χ0n) is 17.3. The highest BCUT2D eigenvalue weighted by atomic mass is 35.5. The van der Waals surface area contributed by atoms with E-state index in [9.17, 15) is 14.0 Å². The van der Waals surface area contributed by atoms with Crippen LogP contribution in [0.3, 0.4) is 0 Å². The fraction of sp³-hybridized carbons (Fsp3) is 0.261. The Morgan fingerprint density at radius 2 is 1.72 bits per heavy atom. The van der Waals surface area contributed by atoms with E-state index in [1.54, 1.807) is 36.4 Å². The van der Waals surface area contributed by atoms with Crippen LogP contribution in [0, 0.1) is 5.82 Å². The largest absolute Gasteiger partial charge is 0.368 e. The van der Waals surface area contributed by atoms with E-state index in [-0.39, 0.29) is 17.6 Å². The molecule has 1 fully saturated rings. The van der Waals surface area contributed by atoms with Crippen LogP contribution in [-0.4, -0.2) is 47.9 Å². The van der Waals surface area contributed by atoms with Crippen LogP contribution in [0.25, 0.3) is 0 Å². The first-order valence-electron chi connectivity index (χ1n) is 10.3. The number of rotatable bonds is 6. The quantitative estimate of drug-likeness (QED) is 0.575. The van der Waals surface area contributed by atoms with Gasteiger partial charge in [0.2, 0.25) is 5.91 Å². The summed E-state index contributed by atoms with van der Waals surface area (Å²) in [5.41, 5.74) is 2.25. The van der Waals surface area contributed by atoms with Crippen LogP contribution in [0.5, 0.6) is 0 Å². The lowest BCUT2D eigenvalue weighted by Crippen LogP contribution is -2.48. The number of amides is 2. The minimum absolute atomic E-state index is 0.0866. The van der Waals surface area contributed by atoms with Crippen molar-refractivity contribution in [1.82, 2.24) is 9.88 Å². The smallest absolute Gasteiger partial charge is 0.257 e. The molecule has 0 bridgehead atoms. The fourth-order valence-electron chi connectivity index (χ4n) is 3.51. The van der Waals surface area contributed by atoms with Crippen molar-refractivity contribution in [2.75, 3.05) is 36.4 Å². The predicted octanol–water partition coefficient (Wildman–Crippen LogP) is 4.47. The van der Waals surface area contributed by atoms with E-state index in [1.807, 2.05) is 10.3 Å². The third-order valence-electron chi connectivity index (χ3n) is 5.30. The molecule has 9 heteroatoms. The van der Waals surface area contributed by atoms with Crippen molar-refractivity contribution in [1.29, 1.82) is 0 Å². The highest BCUT2D eigenvalue weighted by Crippen LogP contribution is 2.20. The standard InChI is InChI=1S/C23H22ClFN4O2S/c24-17-3-1-16(2-4-17)22(31)27-23-26-19(15-32-23)7-10-21(30)29-13-11-28(12-14-29)20-8-5-18(25)6-9-20/h1-6,8-9,15H,7,10-14H2,(H,26,27,31). The number of hydrogen-bond acceptors (Lipinski definition) is 5. The maximum absolute atomic E-state index is 13.1. The van der Waals surface area contributed by atoms with Crippen molar-refractivity contribution in [3.8, 4) is 0 Å². The summed E-state index contributed by atoms with van der Waals surface area (Å²) in [7, 11) is 0. The van der Waals surface area contributed by atoms with Crippen LogP contribution >= 0.6 is 22.9 Å². The molecule has 0 aliphatic carbocycles. The number of halogens is 2. The number of carbonyl (C=O) groups is 2. The second-order valence-electron chi connectivity index (χ2n) is 7.45. The van der Waals surface area contributed by atoms with Gasteiger partial charge in [-0.15, -0.1) is 11.3 Å². The molecule has 0 atom stereocenters. The summed E-state index contributed by atoms with van der Waals surface area (Å²) in [6, 6.07) is 13.1. The number of nitrogens with one attached hydrogen (secondary N) is 1. The summed E-state index contributed by atoms with van der Waals surface area (Å²) in [6.07, 6.45) is 0.884. The molecule has 1 N–H and O–H groups in total. The molecule has 1 aromatic heterocycles. The van der Waals surface area contributed by atoms with Crippen molar-refractivity contribution >= 4 is 45.6 Å². The van der Waals surface area contributed by atoms with Gasteiger partial charge in [0.15, 0.2) is 5.13 Å². The minimum atomic E-state index is -0.252. The average Bonchev–Trinajstić information content (AvgIpc) is 3.26. The zero-order chi connectivity index (χ0) is 22.5. The van der Waals surface area contributed by atoms with Crippen molar-refractivity contribution in [3.05, 3.63) is 76.0 Å². The maximum Gasteiger partial charge on any atom is 0.257 e. The highest BCUT2D eigenvalue weighted by Gasteiger charge is 2.21. The van der Waals surface area contributed by atoms with Crippen LogP contribution in [0.15, 0.2) is 53.9 Å². The second kappa shape index (κ2) is 10.1. The third-order valence-corrected chi connectivity index (χ3v) is 6.36. The topological polar surface area (TPSA) is 65.5 Å². The summed E-state index contributed by atoms with van der Waals surface area (Å²) in [5.74, 6) is -0.418. The molecule has 2 heterocycles. The van der Waals surface area contributed by atoms with E-state index in [0.29, 0.717) is 41.6 Å². The molecule has 166 valence electrons. The van der Waals surface area contributed by atoms with Gasteiger partial charge in [0.1, 0.15) is 5.82 Å². The zero-order valence-corrected chi connectivity index (χ0v) is 18.8. The van der Waals surface area contributed by atoms with Crippen molar-refractivity contribution in [3.63, 3.8) is 0 Å². The summed E-state index contributed by atoms with van der Waals surface area (Å²) < 4.78 is 13.1. The lowest BCUT2D eigenvalue weighted by Gasteiger charge is -2.36. The third kappa shape index (κ3) is 5.63. The molecule has 3 aromatic rings.